The molecule has 0 aliphatic heterocycles. The van der Waals surface area contributed by atoms with Crippen LogP contribution in [0.25, 0.3) is 22.3 Å². The average Bonchev–Trinajstić information content (AvgIpc) is 2.71. The Morgan fingerprint density at radius 3 is 1.08 bits per heavy atom. The van der Waals surface area contributed by atoms with Crippen molar-refractivity contribution in [3.8, 4) is 22.3 Å². The molecule has 0 aliphatic carbocycles. The third-order valence-corrected chi connectivity index (χ3v) is 3.66. The molecule has 1 nitrogen and oxygen atoms in total. The third kappa shape index (κ3) is 5.49. The van der Waals surface area contributed by atoms with Gasteiger partial charge in [-0.15, -0.1) is 0 Å². The van der Waals surface area contributed by atoms with Gasteiger partial charge in [-0.3, -0.25) is 4.98 Å². The number of nitrogens with zero attached hydrogens (tertiary/aromatic N) is 1. The Bertz CT molecular complexity index is 761. The molecule has 125 valence electrons. The van der Waals surface area contributed by atoms with Crippen molar-refractivity contribution in [2.75, 3.05) is 0 Å². The second kappa shape index (κ2) is 10.4. The number of benzene rings is 3. The summed E-state index contributed by atoms with van der Waals surface area (Å²) < 4.78 is 0. The molecule has 0 aliphatic rings. The largest absolute Gasteiger partial charge is 0.265 e. The van der Waals surface area contributed by atoms with Gasteiger partial charge in [-0.2, -0.15) is 0 Å². The summed E-state index contributed by atoms with van der Waals surface area (Å²) in [6.45, 7) is 0. The van der Waals surface area contributed by atoms with Crippen molar-refractivity contribution in [3.63, 3.8) is 0 Å². The third-order valence-electron chi connectivity index (χ3n) is 3.66. The first-order valence-corrected chi connectivity index (χ1v) is 8.00. The molecule has 1 heterocycles. The van der Waals surface area contributed by atoms with Crippen LogP contribution in [0.15, 0.2) is 116 Å². The number of rotatable bonds is 2. The fraction of sp³-hybridized carbons (Fsp3) is 0. The zero-order valence-corrected chi connectivity index (χ0v) is 16.1. The van der Waals surface area contributed by atoms with Crippen molar-refractivity contribution in [1.82, 2.24) is 4.98 Å². The van der Waals surface area contributed by atoms with Crippen LogP contribution in [0.1, 0.15) is 0 Å². The summed E-state index contributed by atoms with van der Waals surface area (Å²) in [5.74, 6) is 0. The molecule has 2 heteroatoms. The van der Waals surface area contributed by atoms with Crippen LogP contribution in [0.5, 0.6) is 0 Å². The van der Waals surface area contributed by atoms with E-state index < -0.39 is 0 Å². The standard InChI is InChI=1S/C18H14.C5H5N.Ir/c1-3-9-15(10-4-1)17-13-7-8-14-18(17)16-11-5-2-6-12-16;1-2-4-6-5-3-1;/h1-14H;1-5H;. The molecule has 0 saturated carbocycles. The summed E-state index contributed by atoms with van der Waals surface area (Å²) in [4.78, 5) is 3.78. The van der Waals surface area contributed by atoms with Crippen LogP contribution in [-0.4, -0.2) is 4.98 Å². The molecule has 1 aromatic heterocycles. The van der Waals surface area contributed by atoms with E-state index in [4.69, 9.17) is 0 Å². The first-order chi connectivity index (χ1) is 11.9. The fourth-order valence-corrected chi connectivity index (χ4v) is 2.53. The van der Waals surface area contributed by atoms with Gasteiger partial charge < -0.3 is 0 Å². The quantitative estimate of drug-likeness (QED) is 0.324. The molecule has 0 saturated heterocycles. The number of aromatic nitrogens is 1. The summed E-state index contributed by atoms with van der Waals surface area (Å²) in [5, 5.41) is 0. The molecular weight excluding hydrogens is 482 g/mol. The molecular formula is C23H19IrN. The zero-order chi connectivity index (χ0) is 16.5. The Balaban J connectivity index is 0.000000275. The summed E-state index contributed by atoms with van der Waals surface area (Å²) >= 11 is 0. The molecule has 0 unspecified atom stereocenters. The van der Waals surface area contributed by atoms with E-state index in [0.29, 0.717) is 0 Å². The summed E-state index contributed by atoms with van der Waals surface area (Å²) in [7, 11) is 0. The maximum atomic E-state index is 3.78. The summed E-state index contributed by atoms with van der Waals surface area (Å²) in [5.41, 5.74) is 5.09. The molecule has 0 spiro atoms. The van der Waals surface area contributed by atoms with E-state index >= 15 is 0 Å². The predicted octanol–water partition coefficient (Wildman–Crippen LogP) is 6.10. The van der Waals surface area contributed by atoms with Crippen LogP contribution in [0.3, 0.4) is 0 Å². The van der Waals surface area contributed by atoms with Gasteiger partial charge in [-0.05, 0) is 34.4 Å². The van der Waals surface area contributed by atoms with Gasteiger partial charge in [0.2, 0.25) is 0 Å². The van der Waals surface area contributed by atoms with Gasteiger partial charge >= 0.3 is 0 Å². The Morgan fingerprint density at radius 2 is 0.760 bits per heavy atom. The summed E-state index contributed by atoms with van der Waals surface area (Å²) in [6, 6.07) is 35.3. The molecule has 25 heavy (non-hydrogen) atoms. The SMILES string of the molecule is [Ir].c1ccc(-c2ccccc2-c2ccccc2)cc1.c1ccncc1. The van der Waals surface area contributed by atoms with Crippen molar-refractivity contribution in [3.05, 3.63) is 116 Å². The van der Waals surface area contributed by atoms with Crippen molar-refractivity contribution in [1.29, 1.82) is 0 Å². The van der Waals surface area contributed by atoms with Crippen LogP contribution in [0, 0.1) is 0 Å². The molecule has 3 aromatic carbocycles. The minimum Gasteiger partial charge on any atom is -0.265 e. The normalized spacial score (nSPS) is 9.28. The van der Waals surface area contributed by atoms with Gasteiger partial charge in [0.05, 0.1) is 0 Å². The minimum atomic E-state index is 0. The van der Waals surface area contributed by atoms with E-state index in [1.165, 1.54) is 22.3 Å². The van der Waals surface area contributed by atoms with Gasteiger partial charge in [0.15, 0.2) is 0 Å². The van der Waals surface area contributed by atoms with Gasteiger partial charge in [-0.25, -0.2) is 0 Å². The minimum absolute atomic E-state index is 0. The van der Waals surface area contributed by atoms with Gasteiger partial charge in [0, 0.05) is 32.5 Å². The van der Waals surface area contributed by atoms with E-state index in [0.717, 1.165) is 0 Å². The zero-order valence-electron chi connectivity index (χ0n) is 13.8. The summed E-state index contributed by atoms with van der Waals surface area (Å²) in [6.07, 6.45) is 3.50. The van der Waals surface area contributed by atoms with Crippen LogP contribution >= 0.6 is 0 Å². The van der Waals surface area contributed by atoms with E-state index in [9.17, 15) is 0 Å². The molecule has 4 rings (SSSR count). The van der Waals surface area contributed by atoms with Crippen molar-refractivity contribution < 1.29 is 20.1 Å². The Hall–Kier alpha value is -2.54. The van der Waals surface area contributed by atoms with Crippen LogP contribution in [0.4, 0.5) is 0 Å². The van der Waals surface area contributed by atoms with Gasteiger partial charge in [-0.1, -0.05) is 91.0 Å². The van der Waals surface area contributed by atoms with Crippen molar-refractivity contribution in [2.24, 2.45) is 0 Å². The van der Waals surface area contributed by atoms with Gasteiger partial charge in [0.1, 0.15) is 0 Å². The van der Waals surface area contributed by atoms with Crippen molar-refractivity contribution in [2.45, 2.75) is 0 Å². The molecule has 0 fully saturated rings. The Kier molecular flexibility index (Phi) is 7.78. The van der Waals surface area contributed by atoms with E-state index in [1.807, 2.05) is 18.2 Å². The van der Waals surface area contributed by atoms with Crippen LogP contribution in [0.2, 0.25) is 0 Å². The second-order valence-corrected chi connectivity index (χ2v) is 5.30. The molecule has 0 amide bonds. The maximum Gasteiger partial charge on any atom is 0.0267 e. The molecule has 4 aromatic rings. The smallest absolute Gasteiger partial charge is 0.0267 e. The Morgan fingerprint density at radius 1 is 0.400 bits per heavy atom. The van der Waals surface area contributed by atoms with Crippen molar-refractivity contribution >= 4 is 0 Å². The number of pyridine rings is 1. The fourth-order valence-electron chi connectivity index (χ4n) is 2.53. The molecule has 0 bridgehead atoms. The first-order valence-electron chi connectivity index (χ1n) is 8.00. The van der Waals surface area contributed by atoms with Gasteiger partial charge in [0.25, 0.3) is 0 Å². The predicted molar refractivity (Wildman–Crippen MR) is 102 cm³/mol. The molecule has 1 radical (unpaired) electrons. The average molecular weight is 502 g/mol. The first kappa shape index (κ1) is 18.8. The topological polar surface area (TPSA) is 12.9 Å². The van der Waals surface area contributed by atoms with E-state index in [1.54, 1.807) is 12.4 Å². The van der Waals surface area contributed by atoms with E-state index in [2.05, 4.69) is 89.9 Å². The number of hydrogen-bond donors (Lipinski definition) is 0. The monoisotopic (exact) mass is 502 g/mol. The number of hydrogen-bond acceptors (Lipinski definition) is 1. The van der Waals surface area contributed by atoms with E-state index in [-0.39, 0.29) is 20.1 Å². The van der Waals surface area contributed by atoms with Crippen LogP contribution in [-0.2, 0) is 20.1 Å². The van der Waals surface area contributed by atoms with Crippen LogP contribution < -0.4 is 0 Å². The molecule has 0 N–H and O–H groups in total. The maximum absolute atomic E-state index is 3.78. The Labute approximate surface area is 162 Å². The molecule has 0 atom stereocenters. The second-order valence-electron chi connectivity index (χ2n) is 5.30.